The molecule has 0 unspecified atom stereocenters. The molecule has 2 amide bonds. The average molecular weight is 319 g/mol. The fraction of sp³-hybridized carbons (Fsp3) is 0.235. The topological polar surface area (TPSA) is 50.4 Å². The van der Waals surface area contributed by atoms with Crippen molar-refractivity contribution in [2.24, 2.45) is 0 Å². The van der Waals surface area contributed by atoms with Gasteiger partial charge in [-0.1, -0.05) is 35.9 Å². The molecule has 0 aromatic heterocycles. The van der Waals surface area contributed by atoms with Crippen LogP contribution in [0.4, 0.5) is 10.5 Å². The lowest BCUT2D eigenvalue weighted by Gasteiger charge is -2.12. The van der Waals surface area contributed by atoms with Gasteiger partial charge in [0.1, 0.15) is 5.75 Å². The summed E-state index contributed by atoms with van der Waals surface area (Å²) in [5, 5.41) is 6.33. The molecule has 0 saturated carbocycles. The zero-order valence-corrected chi connectivity index (χ0v) is 13.2. The van der Waals surface area contributed by atoms with Crippen LogP contribution in [0.1, 0.15) is 12.5 Å². The van der Waals surface area contributed by atoms with E-state index < -0.39 is 0 Å². The molecule has 2 aromatic carbocycles. The molecule has 4 nitrogen and oxygen atoms in total. The van der Waals surface area contributed by atoms with Gasteiger partial charge in [0, 0.05) is 11.6 Å². The second-order valence-electron chi connectivity index (χ2n) is 4.69. The quantitative estimate of drug-likeness (QED) is 0.842. The molecular formula is C17H19ClN2O2. The van der Waals surface area contributed by atoms with Gasteiger partial charge in [0.15, 0.2) is 0 Å². The van der Waals surface area contributed by atoms with Crippen molar-refractivity contribution in [3.8, 4) is 5.75 Å². The number of amides is 2. The SMILES string of the molecule is CCOc1ccccc1NC(=O)NCCc1ccc(Cl)cc1. The third-order valence-electron chi connectivity index (χ3n) is 3.05. The van der Waals surface area contributed by atoms with E-state index in [1.165, 1.54) is 0 Å². The Bertz CT molecular complexity index is 614. The van der Waals surface area contributed by atoms with E-state index in [0.29, 0.717) is 29.6 Å². The zero-order valence-electron chi connectivity index (χ0n) is 12.4. The van der Waals surface area contributed by atoms with Crippen LogP contribution in [0, 0.1) is 0 Å². The summed E-state index contributed by atoms with van der Waals surface area (Å²) in [6, 6.07) is 14.7. The van der Waals surface area contributed by atoms with Crippen molar-refractivity contribution in [2.75, 3.05) is 18.5 Å². The Hall–Kier alpha value is -2.20. The van der Waals surface area contributed by atoms with Gasteiger partial charge in [-0.25, -0.2) is 4.79 Å². The molecule has 0 aliphatic carbocycles. The van der Waals surface area contributed by atoms with Gasteiger partial charge < -0.3 is 15.4 Å². The third-order valence-corrected chi connectivity index (χ3v) is 3.30. The van der Waals surface area contributed by atoms with Gasteiger partial charge in [-0.05, 0) is 43.2 Å². The number of para-hydroxylation sites is 2. The minimum absolute atomic E-state index is 0.249. The number of hydrogen-bond acceptors (Lipinski definition) is 2. The van der Waals surface area contributed by atoms with Crippen LogP contribution in [0.25, 0.3) is 0 Å². The third kappa shape index (κ3) is 4.97. The number of halogens is 1. The highest BCUT2D eigenvalue weighted by molar-refractivity contribution is 6.30. The maximum Gasteiger partial charge on any atom is 0.319 e. The van der Waals surface area contributed by atoms with E-state index in [-0.39, 0.29) is 6.03 Å². The Labute approximate surface area is 135 Å². The largest absolute Gasteiger partial charge is 0.492 e. The van der Waals surface area contributed by atoms with Crippen molar-refractivity contribution in [1.29, 1.82) is 0 Å². The Morgan fingerprint density at radius 2 is 1.86 bits per heavy atom. The predicted octanol–water partition coefficient (Wildman–Crippen LogP) is 4.10. The smallest absolute Gasteiger partial charge is 0.319 e. The molecule has 2 N–H and O–H groups in total. The van der Waals surface area contributed by atoms with E-state index in [4.69, 9.17) is 16.3 Å². The number of benzene rings is 2. The fourth-order valence-electron chi connectivity index (χ4n) is 1.99. The first kappa shape index (κ1) is 16.2. The molecule has 2 aromatic rings. The molecule has 0 aliphatic heterocycles. The van der Waals surface area contributed by atoms with Gasteiger partial charge in [0.2, 0.25) is 0 Å². The van der Waals surface area contributed by atoms with E-state index in [9.17, 15) is 4.79 Å². The number of carbonyl (C=O) groups is 1. The number of anilines is 1. The Morgan fingerprint density at radius 3 is 2.59 bits per heavy atom. The first-order valence-corrected chi connectivity index (χ1v) is 7.58. The van der Waals surface area contributed by atoms with Gasteiger partial charge in [0.25, 0.3) is 0 Å². The number of nitrogens with one attached hydrogen (secondary N) is 2. The lowest BCUT2D eigenvalue weighted by atomic mass is 10.1. The highest BCUT2D eigenvalue weighted by Crippen LogP contribution is 2.23. The zero-order chi connectivity index (χ0) is 15.8. The minimum Gasteiger partial charge on any atom is -0.492 e. The number of rotatable bonds is 6. The normalized spacial score (nSPS) is 10.1. The highest BCUT2D eigenvalue weighted by Gasteiger charge is 2.06. The van der Waals surface area contributed by atoms with Crippen molar-refractivity contribution in [1.82, 2.24) is 5.32 Å². The average Bonchev–Trinajstić information content (AvgIpc) is 2.51. The number of hydrogen-bond donors (Lipinski definition) is 2. The van der Waals surface area contributed by atoms with Crippen LogP contribution in [0.2, 0.25) is 5.02 Å². The summed E-state index contributed by atoms with van der Waals surface area (Å²) in [4.78, 5) is 11.9. The maximum absolute atomic E-state index is 11.9. The molecule has 0 fully saturated rings. The summed E-state index contributed by atoms with van der Waals surface area (Å²) in [5.41, 5.74) is 1.78. The molecule has 0 heterocycles. The Balaban J connectivity index is 1.82. The molecule has 116 valence electrons. The van der Waals surface area contributed by atoms with E-state index >= 15 is 0 Å². The monoisotopic (exact) mass is 318 g/mol. The summed E-state index contributed by atoms with van der Waals surface area (Å²) in [6.45, 7) is 3.00. The number of urea groups is 1. The summed E-state index contributed by atoms with van der Waals surface area (Å²) in [5.74, 6) is 0.665. The van der Waals surface area contributed by atoms with Gasteiger partial charge in [-0.3, -0.25) is 0 Å². The standard InChI is InChI=1S/C17H19ClN2O2/c1-2-22-16-6-4-3-5-15(16)20-17(21)19-12-11-13-7-9-14(18)10-8-13/h3-10H,2,11-12H2,1H3,(H2,19,20,21). The van der Waals surface area contributed by atoms with Gasteiger partial charge >= 0.3 is 6.03 Å². The summed E-state index contributed by atoms with van der Waals surface area (Å²) >= 11 is 5.84. The fourth-order valence-corrected chi connectivity index (χ4v) is 2.12. The number of ether oxygens (including phenoxy) is 1. The van der Waals surface area contributed by atoms with E-state index in [1.54, 1.807) is 0 Å². The lowest BCUT2D eigenvalue weighted by Crippen LogP contribution is -2.30. The van der Waals surface area contributed by atoms with Crippen molar-refractivity contribution >= 4 is 23.3 Å². The summed E-state index contributed by atoms with van der Waals surface area (Å²) < 4.78 is 5.47. The molecule has 0 aliphatic rings. The van der Waals surface area contributed by atoms with Gasteiger partial charge in [-0.15, -0.1) is 0 Å². The van der Waals surface area contributed by atoms with Crippen LogP contribution < -0.4 is 15.4 Å². The first-order chi connectivity index (χ1) is 10.7. The molecule has 0 spiro atoms. The van der Waals surface area contributed by atoms with Crippen LogP contribution >= 0.6 is 11.6 Å². The molecule has 0 bridgehead atoms. The van der Waals surface area contributed by atoms with Crippen molar-refractivity contribution in [3.63, 3.8) is 0 Å². The van der Waals surface area contributed by atoms with Gasteiger partial charge in [0.05, 0.1) is 12.3 Å². The predicted molar refractivity (Wildman–Crippen MR) is 89.8 cm³/mol. The molecule has 0 atom stereocenters. The molecular weight excluding hydrogens is 300 g/mol. The van der Waals surface area contributed by atoms with Crippen LogP contribution in [-0.4, -0.2) is 19.2 Å². The lowest BCUT2D eigenvalue weighted by molar-refractivity contribution is 0.252. The second kappa shape index (κ2) is 8.29. The van der Waals surface area contributed by atoms with Gasteiger partial charge in [-0.2, -0.15) is 0 Å². The first-order valence-electron chi connectivity index (χ1n) is 7.20. The molecule has 0 saturated heterocycles. The van der Waals surface area contributed by atoms with Crippen LogP contribution in [0.15, 0.2) is 48.5 Å². The molecule has 2 rings (SSSR count). The highest BCUT2D eigenvalue weighted by atomic mass is 35.5. The van der Waals surface area contributed by atoms with Crippen LogP contribution in [0.3, 0.4) is 0 Å². The molecule has 0 radical (unpaired) electrons. The summed E-state index contributed by atoms with van der Waals surface area (Å²) in [7, 11) is 0. The maximum atomic E-state index is 11.9. The van der Waals surface area contributed by atoms with E-state index in [2.05, 4.69) is 10.6 Å². The Morgan fingerprint density at radius 1 is 1.14 bits per heavy atom. The van der Waals surface area contributed by atoms with Crippen molar-refractivity contribution in [2.45, 2.75) is 13.3 Å². The Kier molecular flexibility index (Phi) is 6.10. The van der Waals surface area contributed by atoms with Crippen molar-refractivity contribution in [3.05, 3.63) is 59.1 Å². The minimum atomic E-state index is -0.249. The van der Waals surface area contributed by atoms with E-state index in [0.717, 1.165) is 12.0 Å². The molecule has 22 heavy (non-hydrogen) atoms. The van der Waals surface area contributed by atoms with E-state index in [1.807, 2.05) is 55.5 Å². The number of carbonyl (C=O) groups excluding carboxylic acids is 1. The summed E-state index contributed by atoms with van der Waals surface area (Å²) in [6.07, 6.45) is 0.748. The van der Waals surface area contributed by atoms with Crippen LogP contribution in [-0.2, 0) is 6.42 Å². The second-order valence-corrected chi connectivity index (χ2v) is 5.12. The van der Waals surface area contributed by atoms with Crippen molar-refractivity contribution < 1.29 is 9.53 Å². The molecule has 5 heteroatoms. The van der Waals surface area contributed by atoms with Crippen LogP contribution in [0.5, 0.6) is 5.75 Å².